The minimum atomic E-state index is -0.407. The number of furan rings is 1. The maximum absolute atomic E-state index is 12.1. The van der Waals surface area contributed by atoms with Crippen molar-refractivity contribution in [3.05, 3.63) is 80.5 Å². The number of nitrogens with one attached hydrogen (secondary N) is 1. The highest BCUT2D eigenvalue weighted by atomic mass is 35.5. The topological polar surface area (TPSA) is 54.6 Å². The lowest BCUT2D eigenvalue weighted by Crippen LogP contribution is -2.18. The van der Waals surface area contributed by atoms with Crippen LogP contribution in [0.1, 0.15) is 21.7 Å². The standard InChI is InChI=1S/C19H13Cl3N2O2/c1-11-5-7-13(16(21)9-11)19(25)24-23-10-12-6-8-17(26-12)14-3-2-4-15(20)18(14)22/h2-10H,1H3,(H,24,25). The van der Waals surface area contributed by atoms with Crippen molar-refractivity contribution in [2.75, 3.05) is 0 Å². The number of amides is 1. The highest BCUT2D eigenvalue weighted by molar-refractivity contribution is 6.43. The molecule has 1 aromatic heterocycles. The van der Waals surface area contributed by atoms with E-state index in [0.717, 1.165) is 5.56 Å². The first-order valence-corrected chi connectivity index (χ1v) is 8.73. The van der Waals surface area contributed by atoms with E-state index in [1.807, 2.05) is 6.92 Å². The molecule has 7 heteroatoms. The first-order valence-electron chi connectivity index (χ1n) is 7.59. The first-order chi connectivity index (χ1) is 12.5. The van der Waals surface area contributed by atoms with Gasteiger partial charge >= 0.3 is 0 Å². The van der Waals surface area contributed by atoms with Gasteiger partial charge in [-0.2, -0.15) is 5.10 Å². The molecule has 0 aliphatic heterocycles. The Balaban J connectivity index is 1.71. The number of carbonyl (C=O) groups excluding carboxylic acids is 1. The van der Waals surface area contributed by atoms with Crippen LogP contribution in [0.25, 0.3) is 11.3 Å². The molecule has 0 aliphatic carbocycles. The van der Waals surface area contributed by atoms with Crippen molar-refractivity contribution in [1.82, 2.24) is 5.43 Å². The molecule has 0 spiro atoms. The maximum atomic E-state index is 12.1. The Morgan fingerprint density at radius 1 is 1.08 bits per heavy atom. The summed E-state index contributed by atoms with van der Waals surface area (Å²) in [6.45, 7) is 1.90. The lowest BCUT2D eigenvalue weighted by molar-refractivity contribution is 0.0955. The predicted octanol–water partition coefficient (Wildman–Crippen LogP) is 5.98. The lowest BCUT2D eigenvalue weighted by atomic mass is 10.1. The zero-order chi connectivity index (χ0) is 18.7. The molecule has 0 unspecified atom stereocenters. The Hall–Kier alpha value is -2.27. The average molecular weight is 408 g/mol. The highest BCUT2D eigenvalue weighted by Gasteiger charge is 2.11. The van der Waals surface area contributed by atoms with Crippen LogP contribution in [-0.2, 0) is 0 Å². The van der Waals surface area contributed by atoms with Crippen molar-refractivity contribution in [3.8, 4) is 11.3 Å². The number of benzene rings is 2. The fourth-order valence-corrected chi connectivity index (χ4v) is 2.99. The molecule has 4 nitrogen and oxygen atoms in total. The van der Waals surface area contributed by atoms with Crippen molar-refractivity contribution >= 4 is 46.9 Å². The maximum Gasteiger partial charge on any atom is 0.272 e. The van der Waals surface area contributed by atoms with Crippen LogP contribution in [0.2, 0.25) is 15.1 Å². The summed E-state index contributed by atoms with van der Waals surface area (Å²) in [5.74, 6) is 0.592. The number of aryl methyl sites for hydroxylation is 1. The smallest absolute Gasteiger partial charge is 0.272 e. The van der Waals surface area contributed by atoms with E-state index in [1.54, 1.807) is 48.5 Å². The average Bonchev–Trinajstić information content (AvgIpc) is 3.06. The molecule has 2 aromatic carbocycles. The minimum absolute atomic E-state index is 0.347. The van der Waals surface area contributed by atoms with E-state index in [0.29, 0.717) is 37.7 Å². The molecule has 3 rings (SSSR count). The molecule has 3 aromatic rings. The second-order valence-electron chi connectivity index (χ2n) is 5.49. The molecule has 132 valence electrons. The molecular formula is C19H13Cl3N2O2. The number of hydrogen-bond acceptors (Lipinski definition) is 3. The third kappa shape index (κ3) is 4.10. The van der Waals surface area contributed by atoms with Gasteiger partial charge in [-0.1, -0.05) is 46.9 Å². The van der Waals surface area contributed by atoms with Crippen LogP contribution >= 0.6 is 34.8 Å². The zero-order valence-corrected chi connectivity index (χ0v) is 15.9. The van der Waals surface area contributed by atoms with Crippen molar-refractivity contribution in [2.45, 2.75) is 6.92 Å². The van der Waals surface area contributed by atoms with Crippen LogP contribution in [0.3, 0.4) is 0 Å². The number of halogens is 3. The Kier molecular flexibility index (Phi) is 5.67. The van der Waals surface area contributed by atoms with Gasteiger partial charge in [-0.3, -0.25) is 4.79 Å². The monoisotopic (exact) mass is 406 g/mol. The van der Waals surface area contributed by atoms with Gasteiger partial charge in [-0.25, -0.2) is 5.43 Å². The number of rotatable bonds is 4. The molecule has 0 atom stereocenters. The first kappa shape index (κ1) is 18.5. The molecule has 0 saturated carbocycles. The third-order valence-corrected chi connectivity index (χ3v) is 4.70. The van der Waals surface area contributed by atoms with Gasteiger partial charge in [0.25, 0.3) is 5.91 Å². The summed E-state index contributed by atoms with van der Waals surface area (Å²) in [5, 5.41) is 5.12. The molecule has 0 fully saturated rings. The van der Waals surface area contributed by atoms with Gasteiger partial charge in [0.1, 0.15) is 11.5 Å². The Morgan fingerprint density at radius 3 is 2.65 bits per heavy atom. The minimum Gasteiger partial charge on any atom is -0.455 e. The van der Waals surface area contributed by atoms with Gasteiger partial charge < -0.3 is 4.42 Å². The SMILES string of the molecule is Cc1ccc(C(=O)NN=Cc2ccc(-c3cccc(Cl)c3Cl)o2)c(Cl)c1. The van der Waals surface area contributed by atoms with Crippen molar-refractivity contribution in [3.63, 3.8) is 0 Å². The van der Waals surface area contributed by atoms with Gasteiger partial charge in [-0.05, 0) is 48.9 Å². The zero-order valence-electron chi connectivity index (χ0n) is 13.6. The van der Waals surface area contributed by atoms with E-state index < -0.39 is 5.91 Å². The summed E-state index contributed by atoms with van der Waals surface area (Å²) < 4.78 is 5.66. The third-order valence-electron chi connectivity index (χ3n) is 3.57. The van der Waals surface area contributed by atoms with Crippen LogP contribution in [0.15, 0.2) is 58.0 Å². The lowest BCUT2D eigenvalue weighted by Gasteiger charge is -2.03. The number of carbonyl (C=O) groups is 1. The van der Waals surface area contributed by atoms with E-state index in [9.17, 15) is 4.79 Å². The van der Waals surface area contributed by atoms with Crippen molar-refractivity contribution in [1.29, 1.82) is 0 Å². The molecular weight excluding hydrogens is 395 g/mol. The summed E-state index contributed by atoms with van der Waals surface area (Å²) >= 11 is 18.3. The van der Waals surface area contributed by atoms with Crippen LogP contribution in [0.5, 0.6) is 0 Å². The summed E-state index contributed by atoms with van der Waals surface area (Å²) in [6, 6.07) is 13.9. The molecule has 1 N–H and O–H groups in total. The fraction of sp³-hybridized carbons (Fsp3) is 0.0526. The Labute approximate surface area is 165 Å². The largest absolute Gasteiger partial charge is 0.455 e. The summed E-state index contributed by atoms with van der Waals surface area (Å²) in [4.78, 5) is 12.1. The van der Waals surface area contributed by atoms with E-state index in [1.165, 1.54) is 6.21 Å². The predicted molar refractivity (Wildman–Crippen MR) is 105 cm³/mol. The Morgan fingerprint density at radius 2 is 1.88 bits per heavy atom. The summed E-state index contributed by atoms with van der Waals surface area (Å²) in [5.41, 5.74) is 4.41. The second kappa shape index (κ2) is 7.96. The van der Waals surface area contributed by atoms with Gasteiger partial charge in [-0.15, -0.1) is 0 Å². The summed E-state index contributed by atoms with van der Waals surface area (Å²) in [7, 11) is 0. The molecule has 0 bridgehead atoms. The fourth-order valence-electron chi connectivity index (χ4n) is 2.28. The highest BCUT2D eigenvalue weighted by Crippen LogP contribution is 2.34. The van der Waals surface area contributed by atoms with E-state index in [-0.39, 0.29) is 0 Å². The summed E-state index contributed by atoms with van der Waals surface area (Å²) in [6.07, 6.45) is 1.39. The van der Waals surface area contributed by atoms with E-state index in [4.69, 9.17) is 39.2 Å². The van der Waals surface area contributed by atoms with Gasteiger partial charge in [0.05, 0.1) is 26.8 Å². The molecule has 1 heterocycles. The number of hydrogen-bond donors (Lipinski definition) is 1. The van der Waals surface area contributed by atoms with Crippen molar-refractivity contribution in [2.24, 2.45) is 5.10 Å². The van der Waals surface area contributed by atoms with Crippen LogP contribution < -0.4 is 5.43 Å². The van der Waals surface area contributed by atoms with Crippen molar-refractivity contribution < 1.29 is 9.21 Å². The second-order valence-corrected chi connectivity index (χ2v) is 6.68. The van der Waals surface area contributed by atoms with Crippen LogP contribution in [-0.4, -0.2) is 12.1 Å². The normalized spacial score (nSPS) is 11.1. The van der Waals surface area contributed by atoms with E-state index in [2.05, 4.69) is 10.5 Å². The van der Waals surface area contributed by atoms with Gasteiger partial charge in [0.2, 0.25) is 0 Å². The molecule has 0 aliphatic rings. The quantitative estimate of drug-likeness (QED) is 0.427. The van der Waals surface area contributed by atoms with Crippen LogP contribution in [0, 0.1) is 6.92 Å². The van der Waals surface area contributed by atoms with E-state index >= 15 is 0 Å². The van der Waals surface area contributed by atoms with Crippen LogP contribution in [0.4, 0.5) is 0 Å². The molecule has 26 heavy (non-hydrogen) atoms. The van der Waals surface area contributed by atoms with Gasteiger partial charge in [0, 0.05) is 5.56 Å². The molecule has 1 amide bonds. The number of nitrogens with zero attached hydrogens (tertiary/aromatic N) is 1. The molecule has 0 radical (unpaired) electrons. The van der Waals surface area contributed by atoms with Gasteiger partial charge in [0.15, 0.2) is 0 Å². The number of hydrazone groups is 1. The molecule has 0 saturated heterocycles. The Bertz CT molecular complexity index is 996.